The van der Waals surface area contributed by atoms with E-state index < -0.39 is 5.41 Å². The van der Waals surface area contributed by atoms with Gasteiger partial charge in [0.2, 0.25) is 0 Å². The first-order valence-electron chi connectivity index (χ1n) is 25.2. The minimum atomic E-state index is -0.515. The van der Waals surface area contributed by atoms with Crippen LogP contribution in [0.2, 0.25) is 0 Å². The number of nitrogens with zero attached hydrogens (tertiary/aromatic N) is 2. The Kier molecular flexibility index (Phi) is 10.1. The normalized spacial score (nSPS) is 12.5. The van der Waals surface area contributed by atoms with Crippen LogP contribution in [0.3, 0.4) is 0 Å². The number of aromatic nitrogens is 1. The van der Waals surface area contributed by atoms with E-state index in [9.17, 15) is 0 Å². The van der Waals surface area contributed by atoms with Crippen LogP contribution < -0.4 is 4.90 Å². The average Bonchev–Trinajstić information content (AvgIpc) is 4.01. The molecule has 2 nitrogen and oxygen atoms in total. The van der Waals surface area contributed by atoms with Gasteiger partial charge < -0.3 is 9.47 Å². The number of anilines is 3. The summed E-state index contributed by atoms with van der Waals surface area (Å²) in [5, 5.41) is 4.89. The second kappa shape index (κ2) is 17.4. The van der Waals surface area contributed by atoms with Crippen LogP contribution in [0.25, 0.3) is 82.8 Å². The van der Waals surface area contributed by atoms with Crippen LogP contribution in [0.1, 0.15) is 22.3 Å². The molecule has 1 aromatic heterocycles. The third-order valence-electron chi connectivity index (χ3n) is 15.3. The molecular weight excluding hydrogens is 881 g/mol. The summed E-state index contributed by atoms with van der Waals surface area (Å²) in [6.07, 6.45) is 0. The van der Waals surface area contributed by atoms with Crippen molar-refractivity contribution < 1.29 is 0 Å². The van der Waals surface area contributed by atoms with Crippen molar-refractivity contribution in [1.29, 1.82) is 0 Å². The van der Waals surface area contributed by atoms with E-state index in [0.717, 1.165) is 28.3 Å². The maximum atomic E-state index is 2.46. The van der Waals surface area contributed by atoms with Crippen molar-refractivity contribution in [2.24, 2.45) is 0 Å². The molecule has 1 heterocycles. The number of rotatable bonds is 9. The van der Waals surface area contributed by atoms with E-state index in [1.165, 1.54) is 93.8 Å². The summed E-state index contributed by atoms with van der Waals surface area (Å²) in [5.74, 6) is 0. The highest BCUT2D eigenvalue weighted by molar-refractivity contribution is 6.10. The largest absolute Gasteiger partial charge is 0.310 e. The van der Waals surface area contributed by atoms with Gasteiger partial charge in [-0.05, 0) is 133 Å². The van der Waals surface area contributed by atoms with Gasteiger partial charge in [-0.1, -0.05) is 231 Å². The van der Waals surface area contributed by atoms with E-state index >= 15 is 0 Å². The van der Waals surface area contributed by atoms with Crippen molar-refractivity contribution >= 4 is 49.6 Å². The molecule has 0 N–H and O–H groups in total. The van der Waals surface area contributed by atoms with Crippen molar-refractivity contribution in [2.75, 3.05) is 4.90 Å². The van der Waals surface area contributed by atoms with E-state index in [-0.39, 0.29) is 0 Å². The molecule has 0 atom stereocenters. The van der Waals surface area contributed by atoms with Crippen molar-refractivity contribution in [1.82, 2.24) is 4.57 Å². The average molecular weight is 929 g/mol. The van der Waals surface area contributed by atoms with Gasteiger partial charge in [0.15, 0.2) is 0 Å². The number of benzene rings is 12. The van der Waals surface area contributed by atoms with E-state index in [0.29, 0.717) is 0 Å². The first-order chi connectivity index (χ1) is 36.2. The zero-order valence-corrected chi connectivity index (χ0v) is 40.1. The third-order valence-corrected chi connectivity index (χ3v) is 15.3. The van der Waals surface area contributed by atoms with Crippen LogP contribution in [0.4, 0.5) is 17.1 Å². The molecule has 0 radical (unpaired) electrons. The quantitative estimate of drug-likeness (QED) is 0.140. The molecule has 0 bridgehead atoms. The molecule has 0 spiro atoms. The van der Waals surface area contributed by atoms with Crippen LogP contribution in [0, 0.1) is 0 Å². The number of hydrogen-bond donors (Lipinski definition) is 0. The fraction of sp³-hybridized carbons (Fsp3) is 0.0141. The van der Waals surface area contributed by atoms with Gasteiger partial charge in [0, 0.05) is 33.2 Å². The van der Waals surface area contributed by atoms with Gasteiger partial charge in [-0.2, -0.15) is 0 Å². The van der Waals surface area contributed by atoms with Gasteiger partial charge in [-0.3, -0.25) is 0 Å². The van der Waals surface area contributed by atoms with Gasteiger partial charge in [-0.15, -0.1) is 0 Å². The van der Waals surface area contributed by atoms with E-state index in [2.05, 4.69) is 301 Å². The van der Waals surface area contributed by atoms with Crippen molar-refractivity contribution in [3.05, 3.63) is 313 Å². The molecule has 0 unspecified atom stereocenters. The molecule has 0 aliphatic heterocycles. The summed E-state index contributed by atoms with van der Waals surface area (Å²) >= 11 is 0. The van der Waals surface area contributed by atoms with Crippen LogP contribution >= 0.6 is 0 Å². The monoisotopic (exact) mass is 928 g/mol. The molecule has 1 aliphatic carbocycles. The summed E-state index contributed by atoms with van der Waals surface area (Å²) in [7, 11) is 0. The number of fused-ring (bicyclic) bond motifs is 7. The summed E-state index contributed by atoms with van der Waals surface area (Å²) in [6.45, 7) is 0. The van der Waals surface area contributed by atoms with Crippen molar-refractivity contribution in [2.45, 2.75) is 5.41 Å². The predicted molar refractivity (Wildman–Crippen MR) is 307 cm³/mol. The Morgan fingerprint density at radius 2 is 0.795 bits per heavy atom. The van der Waals surface area contributed by atoms with Crippen LogP contribution in [0.5, 0.6) is 0 Å². The molecule has 342 valence electrons. The highest BCUT2D eigenvalue weighted by Gasteiger charge is 2.46. The van der Waals surface area contributed by atoms with Gasteiger partial charge in [0.05, 0.1) is 22.1 Å². The molecule has 0 saturated heterocycles. The Bertz CT molecular complexity index is 4130. The van der Waals surface area contributed by atoms with Crippen molar-refractivity contribution in [3.8, 4) is 50.2 Å². The SMILES string of the molecule is c1ccc(-c2ccc(-n3c4ccccc4c4ccc(-c5cccc(-c6ccc(N(c7ccc8c(c7)C(c7ccccc7)(c7ccccc7)c7ccccc7-8)c7cccc8ccccc78)cc6)c5)cc43)cc2)cc1. The lowest BCUT2D eigenvalue weighted by Gasteiger charge is -2.35. The highest BCUT2D eigenvalue weighted by Crippen LogP contribution is 2.57. The van der Waals surface area contributed by atoms with Gasteiger partial charge in [0.25, 0.3) is 0 Å². The highest BCUT2D eigenvalue weighted by atomic mass is 15.1. The fourth-order valence-corrected chi connectivity index (χ4v) is 11.9. The summed E-state index contributed by atoms with van der Waals surface area (Å²) < 4.78 is 2.41. The number of para-hydroxylation sites is 1. The Morgan fingerprint density at radius 3 is 1.56 bits per heavy atom. The standard InChI is InChI=1S/C71H48N2/c1-4-18-49(19-5-1)50-34-41-59(42-35-50)73-69-32-15-13-30-64(69)65-44-38-55(47-70(65)73)54-23-16-22-53(46-54)51-36-39-58(40-37-51)72(68-33-17-21-52-20-10-11-28-61(52)68)60-43-45-63-62-29-12-14-31-66(62)71(67(63)48-60,56-24-6-2-7-25-56)57-26-8-3-9-27-57/h1-48H. The molecule has 0 amide bonds. The topological polar surface area (TPSA) is 8.17 Å². The summed E-state index contributed by atoms with van der Waals surface area (Å²) in [6, 6.07) is 107. The van der Waals surface area contributed by atoms with Gasteiger partial charge in [-0.25, -0.2) is 0 Å². The Hall–Kier alpha value is -9.50. The third kappa shape index (κ3) is 6.94. The second-order valence-electron chi connectivity index (χ2n) is 19.2. The fourth-order valence-electron chi connectivity index (χ4n) is 11.9. The lowest BCUT2D eigenvalue weighted by Crippen LogP contribution is -2.28. The smallest absolute Gasteiger partial charge is 0.0714 e. The summed E-state index contributed by atoms with van der Waals surface area (Å²) in [5.41, 5.74) is 21.1. The molecule has 13 aromatic rings. The first kappa shape index (κ1) is 42.4. The maximum absolute atomic E-state index is 2.46. The molecule has 12 aromatic carbocycles. The Morgan fingerprint density at radius 1 is 0.288 bits per heavy atom. The lowest BCUT2D eigenvalue weighted by molar-refractivity contribution is 0.768. The Balaban J connectivity index is 0.872. The minimum absolute atomic E-state index is 0.515. The predicted octanol–water partition coefficient (Wildman–Crippen LogP) is 18.8. The second-order valence-corrected chi connectivity index (χ2v) is 19.2. The first-order valence-corrected chi connectivity index (χ1v) is 25.2. The molecular formula is C71H48N2. The van der Waals surface area contributed by atoms with Crippen LogP contribution in [-0.2, 0) is 5.41 Å². The molecule has 1 aliphatic rings. The zero-order chi connectivity index (χ0) is 48.3. The molecule has 0 saturated carbocycles. The van der Waals surface area contributed by atoms with Crippen molar-refractivity contribution in [3.63, 3.8) is 0 Å². The minimum Gasteiger partial charge on any atom is -0.310 e. The van der Waals surface area contributed by atoms with Crippen LogP contribution in [-0.4, -0.2) is 4.57 Å². The molecule has 73 heavy (non-hydrogen) atoms. The van der Waals surface area contributed by atoms with Gasteiger partial charge in [0.1, 0.15) is 0 Å². The molecule has 2 heteroatoms. The van der Waals surface area contributed by atoms with E-state index in [4.69, 9.17) is 0 Å². The number of hydrogen-bond acceptors (Lipinski definition) is 1. The van der Waals surface area contributed by atoms with Crippen LogP contribution in [0.15, 0.2) is 291 Å². The maximum Gasteiger partial charge on any atom is 0.0714 e. The molecule has 0 fully saturated rings. The molecule has 14 rings (SSSR count). The van der Waals surface area contributed by atoms with E-state index in [1.807, 2.05) is 0 Å². The van der Waals surface area contributed by atoms with E-state index in [1.54, 1.807) is 0 Å². The van der Waals surface area contributed by atoms with Gasteiger partial charge >= 0.3 is 0 Å². The Labute approximate surface area is 426 Å². The zero-order valence-electron chi connectivity index (χ0n) is 40.1. The lowest BCUT2D eigenvalue weighted by atomic mass is 9.67. The summed E-state index contributed by atoms with van der Waals surface area (Å²) in [4.78, 5) is 2.45.